The van der Waals surface area contributed by atoms with E-state index in [1.165, 1.54) is 5.56 Å². The molecule has 0 bridgehead atoms. The van der Waals surface area contributed by atoms with Crippen LogP contribution in [0.2, 0.25) is 0 Å². The zero-order chi connectivity index (χ0) is 20.1. The molecule has 0 saturated heterocycles. The minimum atomic E-state index is -2.59. The van der Waals surface area contributed by atoms with Crippen molar-refractivity contribution in [1.82, 2.24) is 15.5 Å². The maximum atomic E-state index is 13.2. The van der Waals surface area contributed by atoms with Crippen LogP contribution in [-0.2, 0) is 11.3 Å². The molecule has 6 nitrogen and oxygen atoms in total. The number of alkyl halides is 2. The van der Waals surface area contributed by atoms with Crippen LogP contribution in [0.25, 0.3) is 0 Å². The number of nitrogens with zero attached hydrogens (tertiary/aromatic N) is 2. The van der Waals surface area contributed by atoms with Gasteiger partial charge in [0.25, 0.3) is 5.91 Å². The fourth-order valence-electron chi connectivity index (χ4n) is 3.13. The highest BCUT2D eigenvalue weighted by molar-refractivity contribution is 5.77. The molecule has 1 heterocycles. The van der Waals surface area contributed by atoms with Crippen molar-refractivity contribution in [3.05, 3.63) is 41.5 Å². The Labute approximate surface area is 162 Å². The summed E-state index contributed by atoms with van der Waals surface area (Å²) in [6, 6.07) is 7.61. The number of aromatic nitrogens is 2. The number of hydrogen-bond donors (Lipinski definition) is 1. The van der Waals surface area contributed by atoms with Crippen LogP contribution in [0.3, 0.4) is 0 Å². The van der Waals surface area contributed by atoms with Crippen molar-refractivity contribution in [1.29, 1.82) is 0 Å². The van der Waals surface area contributed by atoms with Gasteiger partial charge in [-0.3, -0.25) is 4.79 Å². The summed E-state index contributed by atoms with van der Waals surface area (Å²) in [5.74, 6) is -1.29. The molecular weight excluding hydrogens is 368 g/mol. The molecule has 0 aliphatic heterocycles. The van der Waals surface area contributed by atoms with Crippen LogP contribution in [0.5, 0.6) is 5.75 Å². The van der Waals surface area contributed by atoms with Crippen LogP contribution in [0, 0.1) is 0 Å². The minimum Gasteiger partial charge on any atom is -0.484 e. The van der Waals surface area contributed by atoms with Gasteiger partial charge in [0.05, 0.1) is 6.54 Å². The average molecular weight is 393 g/mol. The highest BCUT2D eigenvalue weighted by atomic mass is 19.3. The highest BCUT2D eigenvalue weighted by Gasteiger charge is 2.36. The molecule has 0 radical (unpaired) electrons. The molecule has 3 rings (SSSR count). The summed E-state index contributed by atoms with van der Waals surface area (Å²) in [4.78, 5) is 16.2. The lowest BCUT2D eigenvalue weighted by Gasteiger charge is -2.26. The molecule has 1 aliphatic rings. The van der Waals surface area contributed by atoms with E-state index >= 15 is 0 Å². The summed E-state index contributed by atoms with van der Waals surface area (Å²) in [7, 11) is 0. The summed E-state index contributed by atoms with van der Waals surface area (Å²) >= 11 is 0. The molecule has 8 heteroatoms. The molecule has 1 aliphatic carbocycles. The molecule has 1 aromatic heterocycles. The Morgan fingerprint density at radius 3 is 2.61 bits per heavy atom. The Morgan fingerprint density at radius 2 is 1.96 bits per heavy atom. The number of amides is 1. The number of hydrogen-bond acceptors (Lipinski definition) is 5. The Bertz CT molecular complexity index is 780. The monoisotopic (exact) mass is 393 g/mol. The molecule has 2 aromatic rings. The van der Waals surface area contributed by atoms with Gasteiger partial charge in [-0.05, 0) is 36.5 Å². The third-order valence-corrected chi connectivity index (χ3v) is 4.92. The topological polar surface area (TPSA) is 77.2 Å². The van der Waals surface area contributed by atoms with Crippen molar-refractivity contribution in [3.63, 3.8) is 0 Å². The van der Waals surface area contributed by atoms with Crippen LogP contribution in [0.15, 0.2) is 28.8 Å². The van der Waals surface area contributed by atoms with E-state index in [0.717, 1.165) is 0 Å². The Hall–Kier alpha value is -2.51. The van der Waals surface area contributed by atoms with Gasteiger partial charge in [-0.2, -0.15) is 4.98 Å². The zero-order valence-electron chi connectivity index (χ0n) is 16.1. The van der Waals surface area contributed by atoms with Gasteiger partial charge < -0.3 is 14.6 Å². The van der Waals surface area contributed by atoms with E-state index < -0.39 is 5.92 Å². The fraction of sp³-hybridized carbons (Fsp3) is 0.550. The first kappa shape index (κ1) is 20.2. The van der Waals surface area contributed by atoms with Gasteiger partial charge in [0.1, 0.15) is 5.75 Å². The Balaban J connectivity index is 1.42. The summed E-state index contributed by atoms with van der Waals surface area (Å²) < 4.78 is 37.0. The molecule has 0 atom stereocenters. The standard InChI is InChI=1S/C20H25F2N3O3/c1-13(2)14-3-5-16(6-4-14)27-12-17(26)23-11-18-24-19(25-28-18)15-7-9-20(21,22)10-8-15/h3-6,13,15H,7-12H2,1-2H3,(H,23,26). The lowest BCUT2D eigenvalue weighted by atomic mass is 9.86. The van der Waals surface area contributed by atoms with Crippen LogP contribution in [0.1, 0.15) is 68.6 Å². The molecule has 1 saturated carbocycles. The smallest absolute Gasteiger partial charge is 0.258 e. The molecule has 1 fully saturated rings. The predicted molar refractivity (Wildman–Crippen MR) is 98.3 cm³/mol. The first-order valence-electron chi connectivity index (χ1n) is 9.52. The molecule has 1 N–H and O–H groups in total. The summed E-state index contributed by atoms with van der Waals surface area (Å²) in [5.41, 5.74) is 1.20. The first-order valence-corrected chi connectivity index (χ1v) is 9.52. The molecule has 0 unspecified atom stereocenters. The summed E-state index contributed by atoms with van der Waals surface area (Å²) in [6.07, 6.45) is 0.352. The van der Waals surface area contributed by atoms with Crippen molar-refractivity contribution < 1.29 is 22.8 Å². The van der Waals surface area contributed by atoms with E-state index in [1.807, 2.05) is 24.3 Å². The van der Waals surface area contributed by atoms with Crippen molar-refractivity contribution >= 4 is 5.91 Å². The number of benzene rings is 1. The van der Waals surface area contributed by atoms with E-state index in [1.54, 1.807) is 0 Å². The van der Waals surface area contributed by atoms with Crippen LogP contribution >= 0.6 is 0 Å². The SMILES string of the molecule is CC(C)c1ccc(OCC(=O)NCc2nc(C3CCC(F)(F)CC3)no2)cc1. The van der Waals surface area contributed by atoms with Crippen LogP contribution in [0.4, 0.5) is 8.78 Å². The quantitative estimate of drug-likeness (QED) is 0.764. The van der Waals surface area contributed by atoms with Gasteiger partial charge in [0.2, 0.25) is 11.8 Å². The zero-order valence-corrected chi connectivity index (χ0v) is 16.1. The fourth-order valence-corrected chi connectivity index (χ4v) is 3.13. The largest absolute Gasteiger partial charge is 0.484 e. The Morgan fingerprint density at radius 1 is 1.29 bits per heavy atom. The number of carbonyl (C=O) groups is 1. The minimum absolute atomic E-state index is 0.0738. The number of nitrogens with one attached hydrogen (secondary N) is 1. The third kappa shape index (κ3) is 5.50. The lowest BCUT2D eigenvalue weighted by molar-refractivity contribution is -0.123. The van der Waals surface area contributed by atoms with E-state index in [9.17, 15) is 13.6 Å². The molecule has 1 aromatic carbocycles. The first-order chi connectivity index (χ1) is 13.3. The second-order valence-electron chi connectivity index (χ2n) is 7.47. The number of carbonyl (C=O) groups excluding carboxylic acids is 1. The predicted octanol–water partition coefficient (Wildman–Crippen LogP) is 4.18. The maximum absolute atomic E-state index is 13.2. The van der Waals surface area contributed by atoms with Gasteiger partial charge >= 0.3 is 0 Å². The second kappa shape index (κ2) is 8.67. The van der Waals surface area contributed by atoms with E-state index in [0.29, 0.717) is 30.3 Å². The summed E-state index contributed by atoms with van der Waals surface area (Å²) in [6.45, 7) is 4.16. The molecule has 1 amide bonds. The molecular formula is C20H25F2N3O3. The van der Waals surface area contributed by atoms with E-state index in [2.05, 4.69) is 29.3 Å². The van der Waals surface area contributed by atoms with Gasteiger partial charge in [-0.25, -0.2) is 8.78 Å². The third-order valence-electron chi connectivity index (χ3n) is 4.92. The normalized spacial score (nSPS) is 16.9. The number of ether oxygens (including phenoxy) is 1. The highest BCUT2D eigenvalue weighted by Crippen LogP contribution is 2.39. The van der Waals surface area contributed by atoms with Crippen LogP contribution < -0.4 is 10.1 Å². The number of halogens is 2. The van der Waals surface area contributed by atoms with Gasteiger partial charge in [-0.1, -0.05) is 31.1 Å². The Kier molecular flexibility index (Phi) is 6.26. The van der Waals surface area contributed by atoms with Gasteiger partial charge in [0.15, 0.2) is 12.4 Å². The van der Waals surface area contributed by atoms with E-state index in [4.69, 9.17) is 9.26 Å². The summed E-state index contributed by atoms with van der Waals surface area (Å²) in [5, 5.41) is 6.52. The van der Waals surface area contributed by atoms with Crippen molar-refractivity contribution in [2.24, 2.45) is 0 Å². The van der Waals surface area contributed by atoms with Gasteiger partial charge in [-0.15, -0.1) is 0 Å². The van der Waals surface area contributed by atoms with Gasteiger partial charge in [0, 0.05) is 18.8 Å². The maximum Gasteiger partial charge on any atom is 0.258 e. The lowest BCUT2D eigenvalue weighted by Crippen LogP contribution is -2.28. The number of rotatable bonds is 7. The van der Waals surface area contributed by atoms with Crippen molar-refractivity contribution in [3.8, 4) is 5.75 Å². The van der Waals surface area contributed by atoms with Crippen molar-refractivity contribution in [2.45, 2.75) is 63.8 Å². The van der Waals surface area contributed by atoms with E-state index in [-0.39, 0.29) is 43.7 Å². The molecule has 0 spiro atoms. The van der Waals surface area contributed by atoms with Crippen molar-refractivity contribution in [2.75, 3.05) is 6.61 Å². The molecule has 28 heavy (non-hydrogen) atoms. The second-order valence-corrected chi connectivity index (χ2v) is 7.47. The molecule has 152 valence electrons. The van der Waals surface area contributed by atoms with Crippen LogP contribution in [-0.4, -0.2) is 28.6 Å². The average Bonchev–Trinajstić information content (AvgIpc) is 3.14.